The van der Waals surface area contributed by atoms with Gasteiger partial charge >= 0.3 is 0 Å². The lowest BCUT2D eigenvalue weighted by atomic mass is 9.87. The van der Waals surface area contributed by atoms with Crippen LogP contribution >= 0.6 is 0 Å². The highest BCUT2D eigenvalue weighted by atomic mass is 32.2. The first-order chi connectivity index (χ1) is 10.0. The molecule has 0 saturated heterocycles. The molecule has 0 bridgehead atoms. The molecule has 0 aliphatic heterocycles. The number of amides is 1. The summed E-state index contributed by atoms with van der Waals surface area (Å²) in [6.45, 7) is 8.04. The molecule has 1 amide bonds. The van der Waals surface area contributed by atoms with Crippen molar-refractivity contribution in [3.05, 3.63) is 29.8 Å². The van der Waals surface area contributed by atoms with E-state index in [4.69, 9.17) is 5.73 Å². The van der Waals surface area contributed by atoms with E-state index in [9.17, 15) is 13.2 Å². The Morgan fingerprint density at radius 2 is 1.77 bits per heavy atom. The number of rotatable bonds is 6. The van der Waals surface area contributed by atoms with E-state index in [0.29, 0.717) is 0 Å². The number of hydrogen-bond donors (Lipinski definition) is 2. The molecule has 22 heavy (non-hydrogen) atoms. The number of carbonyl (C=O) groups excluding carboxylic acids is 1. The Balaban J connectivity index is 2.65. The molecule has 1 unspecified atom stereocenters. The second-order valence-corrected chi connectivity index (χ2v) is 8.73. The summed E-state index contributed by atoms with van der Waals surface area (Å²) in [5, 5.41) is 2.58. The summed E-state index contributed by atoms with van der Waals surface area (Å²) in [7, 11) is -3.39. The van der Waals surface area contributed by atoms with E-state index in [-0.39, 0.29) is 41.0 Å². The Kier molecular flexibility index (Phi) is 6.14. The van der Waals surface area contributed by atoms with Gasteiger partial charge in [0.05, 0.1) is 10.6 Å². The smallest absolute Gasteiger partial charge is 0.221 e. The quantitative estimate of drug-likeness (QED) is 0.831. The van der Waals surface area contributed by atoms with Crippen molar-refractivity contribution in [1.82, 2.24) is 5.32 Å². The van der Waals surface area contributed by atoms with Gasteiger partial charge in [-0.05, 0) is 30.0 Å². The van der Waals surface area contributed by atoms with Crippen molar-refractivity contribution in [2.24, 2.45) is 5.73 Å². The van der Waals surface area contributed by atoms with Crippen molar-refractivity contribution in [2.75, 3.05) is 12.3 Å². The van der Waals surface area contributed by atoms with Crippen LogP contribution in [0.2, 0.25) is 0 Å². The minimum absolute atomic E-state index is 0.0187. The van der Waals surface area contributed by atoms with Crippen molar-refractivity contribution < 1.29 is 13.2 Å². The Bertz CT molecular complexity index is 599. The van der Waals surface area contributed by atoms with Crippen LogP contribution in [0.1, 0.15) is 39.7 Å². The maximum absolute atomic E-state index is 12.2. The van der Waals surface area contributed by atoms with Gasteiger partial charge in [0.2, 0.25) is 5.91 Å². The maximum Gasteiger partial charge on any atom is 0.221 e. The fourth-order valence-electron chi connectivity index (χ4n) is 1.97. The third kappa shape index (κ3) is 5.77. The van der Waals surface area contributed by atoms with Crippen molar-refractivity contribution in [3.63, 3.8) is 0 Å². The third-order valence-electron chi connectivity index (χ3n) is 3.28. The van der Waals surface area contributed by atoms with Gasteiger partial charge in [-0.1, -0.05) is 32.9 Å². The number of benzene rings is 1. The highest BCUT2D eigenvalue weighted by molar-refractivity contribution is 7.91. The van der Waals surface area contributed by atoms with Crippen LogP contribution in [-0.4, -0.2) is 32.7 Å². The standard InChI is InChI=1S/C16H26N2O3S/c1-12(17)11-15(19)18-9-10-22(20,21)14-7-5-13(6-8-14)16(2,3)4/h5-8,12H,9-11,17H2,1-4H3,(H,18,19). The summed E-state index contributed by atoms with van der Waals surface area (Å²) in [6, 6.07) is 6.68. The molecule has 0 fully saturated rings. The summed E-state index contributed by atoms with van der Waals surface area (Å²) in [5.74, 6) is -0.347. The lowest BCUT2D eigenvalue weighted by molar-refractivity contribution is -0.121. The number of hydrogen-bond acceptors (Lipinski definition) is 4. The molecule has 1 aromatic rings. The first-order valence-electron chi connectivity index (χ1n) is 7.38. The summed E-state index contributed by atoms with van der Waals surface area (Å²) in [4.78, 5) is 11.7. The monoisotopic (exact) mass is 326 g/mol. The zero-order valence-corrected chi connectivity index (χ0v) is 14.5. The molecular weight excluding hydrogens is 300 g/mol. The van der Waals surface area contributed by atoms with Crippen LogP contribution in [0.3, 0.4) is 0 Å². The van der Waals surface area contributed by atoms with Gasteiger partial charge in [0.1, 0.15) is 0 Å². The normalized spacial score (nSPS) is 13.7. The molecule has 0 saturated carbocycles. The van der Waals surface area contributed by atoms with Gasteiger partial charge in [-0.2, -0.15) is 0 Å². The van der Waals surface area contributed by atoms with E-state index in [1.54, 1.807) is 19.1 Å². The second kappa shape index (κ2) is 7.24. The van der Waals surface area contributed by atoms with Crippen LogP contribution in [0.5, 0.6) is 0 Å². The highest BCUT2D eigenvalue weighted by Gasteiger charge is 2.18. The third-order valence-corrected chi connectivity index (χ3v) is 5.01. The highest BCUT2D eigenvalue weighted by Crippen LogP contribution is 2.23. The first-order valence-corrected chi connectivity index (χ1v) is 9.03. The molecule has 0 aliphatic carbocycles. The molecule has 0 heterocycles. The van der Waals surface area contributed by atoms with Gasteiger partial charge in [-0.3, -0.25) is 4.79 Å². The van der Waals surface area contributed by atoms with E-state index >= 15 is 0 Å². The van der Waals surface area contributed by atoms with Crippen LogP contribution in [0.4, 0.5) is 0 Å². The first kappa shape index (κ1) is 18.6. The number of nitrogens with one attached hydrogen (secondary N) is 1. The molecule has 0 spiro atoms. The van der Waals surface area contributed by atoms with Gasteiger partial charge in [-0.15, -0.1) is 0 Å². The summed E-state index contributed by atoms with van der Waals surface area (Å²) in [6.07, 6.45) is 0.195. The number of carbonyl (C=O) groups is 1. The topological polar surface area (TPSA) is 89.3 Å². The lowest BCUT2D eigenvalue weighted by Gasteiger charge is -2.19. The SMILES string of the molecule is CC(N)CC(=O)NCCS(=O)(=O)c1ccc(C(C)(C)C)cc1. The molecule has 5 nitrogen and oxygen atoms in total. The van der Waals surface area contributed by atoms with Gasteiger partial charge < -0.3 is 11.1 Å². The van der Waals surface area contributed by atoms with E-state index in [0.717, 1.165) is 5.56 Å². The molecule has 1 atom stereocenters. The maximum atomic E-state index is 12.2. The van der Waals surface area contributed by atoms with Crippen molar-refractivity contribution in [1.29, 1.82) is 0 Å². The van der Waals surface area contributed by atoms with Crippen molar-refractivity contribution >= 4 is 15.7 Å². The van der Waals surface area contributed by atoms with Gasteiger partial charge in [0, 0.05) is 19.0 Å². The summed E-state index contributed by atoms with van der Waals surface area (Å²) < 4.78 is 24.4. The zero-order valence-electron chi connectivity index (χ0n) is 13.7. The summed E-state index contributed by atoms with van der Waals surface area (Å²) >= 11 is 0. The lowest BCUT2D eigenvalue weighted by Crippen LogP contribution is -2.33. The average molecular weight is 326 g/mol. The zero-order chi connectivity index (χ0) is 17.0. The minimum Gasteiger partial charge on any atom is -0.355 e. The minimum atomic E-state index is -3.39. The van der Waals surface area contributed by atoms with Crippen LogP contribution in [0.25, 0.3) is 0 Å². The molecular formula is C16H26N2O3S. The molecule has 0 aliphatic rings. The predicted molar refractivity (Wildman–Crippen MR) is 88.5 cm³/mol. The van der Waals surface area contributed by atoms with Crippen LogP contribution in [0.15, 0.2) is 29.2 Å². The average Bonchev–Trinajstić information content (AvgIpc) is 2.36. The van der Waals surface area contributed by atoms with Crippen LogP contribution in [-0.2, 0) is 20.0 Å². The Labute approximate surface area is 133 Å². The Morgan fingerprint density at radius 3 is 2.23 bits per heavy atom. The van der Waals surface area contributed by atoms with Crippen LogP contribution in [0, 0.1) is 0 Å². The van der Waals surface area contributed by atoms with Gasteiger partial charge in [0.25, 0.3) is 0 Å². The molecule has 124 valence electrons. The Hall–Kier alpha value is -1.40. The molecule has 0 aromatic heterocycles. The Morgan fingerprint density at radius 1 is 1.23 bits per heavy atom. The fraction of sp³-hybridized carbons (Fsp3) is 0.562. The predicted octanol–water partition coefficient (Wildman–Crippen LogP) is 1.61. The van der Waals surface area contributed by atoms with E-state index in [1.165, 1.54) is 0 Å². The van der Waals surface area contributed by atoms with E-state index in [2.05, 4.69) is 26.1 Å². The number of nitrogens with two attached hydrogens (primary N) is 1. The summed E-state index contributed by atoms with van der Waals surface area (Å²) in [5.41, 5.74) is 6.57. The van der Waals surface area contributed by atoms with Gasteiger partial charge in [-0.25, -0.2) is 8.42 Å². The van der Waals surface area contributed by atoms with Crippen molar-refractivity contribution in [3.8, 4) is 0 Å². The molecule has 0 radical (unpaired) electrons. The fourth-order valence-corrected chi connectivity index (χ4v) is 3.13. The van der Waals surface area contributed by atoms with E-state index < -0.39 is 9.84 Å². The molecule has 6 heteroatoms. The molecule has 3 N–H and O–H groups in total. The molecule has 1 aromatic carbocycles. The van der Waals surface area contributed by atoms with Crippen LogP contribution < -0.4 is 11.1 Å². The number of sulfone groups is 1. The van der Waals surface area contributed by atoms with Crippen molar-refractivity contribution in [2.45, 2.75) is 50.5 Å². The van der Waals surface area contributed by atoms with E-state index in [1.807, 2.05) is 12.1 Å². The second-order valence-electron chi connectivity index (χ2n) is 6.62. The van der Waals surface area contributed by atoms with Gasteiger partial charge in [0.15, 0.2) is 9.84 Å². The molecule has 1 rings (SSSR count). The largest absolute Gasteiger partial charge is 0.355 e.